The number of benzene rings is 3. The second kappa shape index (κ2) is 14.8. The van der Waals surface area contributed by atoms with Gasteiger partial charge in [-0.1, -0.05) is 78.8 Å². The van der Waals surface area contributed by atoms with E-state index in [4.69, 9.17) is 14.2 Å². The van der Waals surface area contributed by atoms with Crippen LogP contribution in [0.3, 0.4) is 0 Å². The van der Waals surface area contributed by atoms with Crippen LogP contribution in [-0.4, -0.2) is 46.3 Å². The second-order valence-corrected chi connectivity index (χ2v) is 14.1. The van der Waals surface area contributed by atoms with Gasteiger partial charge >= 0.3 is 5.91 Å². The van der Waals surface area contributed by atoms with E-state index in [0.29, 0.717) is 52.4 Å². The highest BCUT2D eigenvalue weighted by Crippen LogP contribution is 2.46. The van der Waals surface area contributed by atoms with Crippen molar-refractivity contribution in [3.8, 4) is 17.2 Å². The Morgan fingerprint density at radius 3 is 2.60 bits per heavy atom. The summed E-state index contributed by atoms with van der Waals surface area (Å²) in [6.45, 7) is 8.98. The van der Waals surface area contributed by atoms with Crippen LogP contribution >= 0.6 is 23.1 Å². The van der Waals surface area contributed by atoms with Gasteiger partial charge in [0.2, 0.25) is 5.13 Å². The Kier molecular flexibility index (Phi) is 10.4. The number of ether oxygens (including phenoxy) is 3. The molecule has 0 bridgehead atoms. The second-order valence-electron chi connectivity index (χ2n) is 11.9. The van der Waals surface area contributed by atoms with Crippen molar-refractivity contribution in [3.63, 3.8) is 0 Å². The highest BCUT2D eigenvalue weighted by atomic mass is 32.2. The molecule has 4 aromatic rings. The van der Waals surface area contributed by atoms with E-state index < -0.39 is 17.7 Å². The molecule has 250 valence electrons. The molecular weight excluding hydrogens is 647 g/mol. The molecule has 2 aliphatic rings. The number of Topliss-reactive ketones (excluding diaryl/α,β-unsaturated/α-hetero) is 1. The maximum absolute atomic E-state index is 13.9. The largest absolute Gasteiger partial charge is 0.507 e. The van der Waals surface area contributed by atoms with Gasteiger partial charge in [0.05, 0.1) is 24.8 Å². The number of unbranched alkanes of at least 4 members (excludes halogenated alkanes) is 2. The van der Waals surface area contributed by atoms with Gasteiger partial charge in [-0.25, -0.2) is 0 Å². The summed E-state index contributed by atoms with van der Waals surface area (Å²) in [4.78, 5) is 29.1. The van der Waals surface area contributed by atoms with Gasteiger partial charge in [-0.2, -0.15) is 0 Å². The summed E-state index contributed by atoms with van der Waals surface area (Å²) in [5, 5.41) is 20.8. The number of aromatic nitrogens is 2. The molecule has 0 spiro atoms. The fraction of sp³-hybridized carbons (Fsp3) is 0.351. The minimum Gasteiger partial charge on any atom is -0.507 e. The van der Waals surface area contributed by atoms with Crippen LogP contribution in [0.15, 0.2) is 70.6 Å². The van der Waals surface area contributed by atoms with E-state index in [0.717, 1.165) is 36.1 Å². The van der Waals surface area contributed by atoms with E-state index in [9.17, 15) is 14.7 Å². The van der Waals surface area contributed by atoms with Gasteiger partial charge in [0.25, 0.3) is 5.78 Å². The fourth-order valence-corrected chi connectivity index (χ4v) is 7.70. The lowest BCUT2D eigenvalue weighted by atomic mass is 9.94. The number of fused-ring (bicyclic) bond motifs is 1. The first-order valence-corrected chi connectivity index (χ1v) is 18.1. The average molecular weight is 686 g/mol. The summed E-state index contributed by atoms with van der Waals surface area (Å²) in [7, 11) is 0. The third-order valence-corrected chi connectivity index (χ3v) is 10.4. The summed E-state index contributed by atoms with van der Waals surface area (Å²) in [6.07, 6.45) is 3.73. The molecule has 0 saturated carbocycles. The zero-order valence-electron chi connectivity index (χ0n) is 27.5. The predicted molar refractivity (Wildman–Crippen MR) is 188 cm³/mol. The zero-order valence-corrected chi connectivity index (χ0v) is 29.2. The first-order chi connectivity index (χ1) is 23.3. The number of aryl methyl sites for hydroxylation is 1. The number of aliphatic hydroxyl groups excluding tert-OH is 1. The third kappa shape index (κ3) is 7.07. The summed E-state index contributed by atoms with van der Waals surface area (Å²) in [5.74, 6) is 0.638. The molecule has 3 aromatic carbocycles. The van der Waals surface area contributed by atoms with Crippen molar-refractivity contribution < 1.29 is 28.9 Å². The first kappa shape index (κ1) is 33.5. The minimum atomic E-state index is -0.982. The molecule has 3 heterocycles. The van der Waals surface area contributed by atoms with Crippen LogP contribution in [0.2, 0.25) is 0 Å². The summed E-state index contributed by atoms with van der Waals surface area (Å²) >= 11 is 2.74. The number of nitrogens with zero attached hydrogens (tertiary/aromatic N) is 3. The molecule has 1 saturated heterocycles. The van der Waals surface area contributed by atoms with Crippen molar-refractivity contribution in [2.45, 2.75) is 75.6 Å². The summed E-state index contributed by atoms with van der Waals surface area (Å²) < 4.78 is 18.5. The van der Waals surface area contributed by atoms with E-state index in [2.05, 4.69) is 41.4 Å². The van der Waals surface area contributed by atoms with Gasteiger partial charge in [-0.05, 0) is 74.2 Å². The third-order valence-electron chi connectivity index (χ3n) is 8.29. The van der Waals surface area contributed by atoms with Gasteiger partial charge in [-0.15, -0.1) is 10.2 Å². The Morgan fingerprint density at radius 1 is 1.02 bits per heavy atom. The number of carbonyl (C=O) groups is 2. The van der Waals surface area contributed by atoms with Crippen molar-refractivity contribution in [3.05, 3.63) is 94.1 Å². The van der Waals surface area contributed by atoms with Crippen molar-refractivity contribution in [2.24, 2.45) is 0 Å². The van der Waals surface area contributed by atoms with Gasteiger partial charge in [0, 0.05) is 17.7 Å². The topological polar surface area (TPSA) is 111 Å². The number of amides is 1. The van der Waals surface area contributed by atoms with E-state index >= 15 is 0 Å². The lowest BCUT2D eigenvalue weighted by molar-refractivity contribution is -0.132. The Hall–Kier alpha value is -4.35. The highest BCUT2D eigenvalue weighted by Gasteiger charge is 2.48. The SMILES string of the molecule is CCCCCOc1ccc([C@H]2C(=C(O)c3ccc4c(c3)C[C@@H](C)O4)C(=O)C(=O)N2c2nnc(SCc3ccc(C)cc3)s2)cc1OCC. The number of hydrogen-bond acceptors (Lipinski definition) is 10. The Morgan fingerprint density at radius 2 is 1.83 bits per heavy atom. The van der Waals surface area contributed by atoms with Gasteiger partial charge in [0.15, 0.2) is 15.8 Å². The van der Waals surface area contributed by atoms with Crippen LogP contribution in [0.4, 0.5) is 5.13 Å². The standard InChI is InChI=1S/C37H39N3O6S2/c1-5-7-8-17-45-29-16-13-25(20-30(29)44-6-2)32-31(33(41)26-14-15-28-27(19-26)18-23(4)46-28)34(42)35(43)40(32)36-38-39-37(48-36)47-21-24-11-9-22(3)10-12-24/h9-16,19-20,23,32,41H,5-8,17-18,21H2,1-4H3/t23-,32+/m1/s1. The lowest BCUT2D eigenvalue weighted by Crippen LogP contribution is -2.29. The van der Waals surface area contributed by atoms with Crippen LogP contribution in [0.25, 0.3) is 5.76 Å². The molecule has 0 aliphatic carbocycles. The van der Waals surface area contributed by atoms with Gasteiger partial charge in [-0.3, -0.25) is 14.5 Å². The molecule has 9 nitrogen and oxygen atoms in total. The molecular formula is C37H39N3O6S2. The lowest BCUT2D eigenvalue weighted by Gasteiger charge is -2.23. The Balaban J connectivity index is 1.39. The molecule has 6 rings (SSSR count). The quantitative estimate of drug-likeness (QED) is 0.0373. The first-order valence-electron chi connectivity index (χ1n) is 16.3. The number of anilines is 1. The van der Waals surface area contributed by atoms with Crippen LogP contribution in [0.1, 0.15) is 73.9 Å². The minimum absolute atomic E-state index is 0.0122. The molecule has 48 heavy (non-hydrogen) atoms. The monoisotopic (exact) mass is 685 g/mol. The number of hydrogen-bond donors (Lipinski definition) is 1. The highest BCUT2D eigenvalue weighted by molar-refractivity contribution is 8.00. The molecule has 0 unspecified atom stereocenters. The van der Waals surface area contributed by atoms with E-state index in [-0.39, 0.29) is 22.6 Å². The molecule has 1 aromatic heterocycles. The van der Waals surface area contributed by atoms with Crippen LogP contribution in [0, 0.1) is 6.92 Å². The van der Waals surface area contributed by atoms with E-state index in [1.165, 1.54) is 33.6 Å². The predicted octanol–water partition coefficient (Wildman–Crippen LogP) is 8.06. The number of rotatable bonds is 13. The zero-order chi connectivity index (χ0) is 33.8. The van der Waals surface area contributed by atoms with Crippen LogP contribution < -0.4 is 19.1 Å². The smallest absolute Gasteiger partial charge is 0.301 e. The molecule has 2 aliphatic heterocycles. The molecule has 0 radical (unpaired) electrons. The number of thioether (sulfide) groups is 1. The van der Waals surface area contributed by atoms with Gasteiger partial charge < -0.3 is 19.3 Å². The van der Waals surface area contributed by atoms with E-state index in [1.54, 1.807) is 30.3 Å². The summed E-state index contributed by atoms with van der Waals surface area (Å²) in [5.41, 5.74) is 4.22. The normalized spacial score (nSPS) is 18.2. The number of aliphatic hydroxyl groups is 1. The van der Waals surface area contributed by atoms with Crippen molar-refractivity contribution >= 4 is 45.7 Å². The summed E-state index contributed by atoms with van der Waals surface area (Å²) in [6, 6.07) is 18.0. The number of carbonyl (C=O) groups excluding carboxylic acids is 2. The average Bonchev–Trinajstić information content (AvgIpc) is 3.77. The number of ketones is 1. The Labute approximate surface area is 288 Å². The molecule has 1 fully saturated rings. The molecule has 11 heteroatoms. The molecule has 2 atom stereocenters. The molecule has 1 N–H and O–H groups in total. The van der Waals surface area contributed by atoms with Crippen molar-refractivity contribution in [1.82, 2.24) is 10.2 Å². The van der Waals surface area contributed by atoms with Crippen molar-refractivity contribution in [2.75, 3.05) is 18.1 Å². The maximum atomic E-state index is 13.9. The fourth-order valence-electron chi connectivity index (χ4n) is 5.87. The van der Waals surface area contributed by atoms with Crippen molar-refractivity contribution in [1.29, 1.82) is 0 Å². The van der Waals surface area contributed by atoms with Gasteiger partial charge in [0.1, 0.15) is 17.6 Å². The Bertz CT molecular complexity index is 1840. The van der Waals surface area contributed by atoms with E-state index in [1.807, 2.05) is 26.8 Å². The van der Waals surface area contributed by atoms with Crippen LogP contribution in [-0.2, 0) is 21.8 Å². The molecule has 1 amide bonds. The van der Waals surface area contributed by atoms with Crippen LogP contribution in [0.5, 0.6) is 17.2 Å². The maximum Gasteiger partial charge on any atom is 0.301 e.